The van der Waals surface area contributed by atoms with Gasteiger partial charge < -0.3 is 25.0 Å². The van der Waals surface area contributed by atoms with Crippen LogP contribution in [0.1, 0.15) is 47.0 Å². The molecular weight excluding hydrogens is 326 g/mol. The van der Waals surface area contributed by atoms with Gasteiger partial charge in [0.05, 0.1) is 13.1 Å². The number of carbonyl (C=O) groups is 3. The molecule has 2 N–H and O–H groups in total. The van der Waals surface area contributed by atoms with Crippen molar-refractivity contribution in [2.24, 2.45) is 0 Å². The minimum Gasteiger partial charge on any atom is -0.354 e. The van der Waals surface area contributed by atoms with Crippen LogP contribution in [0.15, 0.2) is 0 Å². The van der Waals surface area contributed by atoms with Crippen LogP contribution in [0.5, 0.6) is 0 Å². The molecule has 2 heterocycles. The van der Waals surface area contributed by atoms with Gasteiger partial charge in [-0.15, -0.1) is 0 Å². The monoisotopic (exact) mass is 355 g/mol. The van der Waals surface area contributed by atoms with Gasteiger partial charge in [-0.2, -0.15) is 0 Å². The van der Waals surface area contributed by atoms with E-state index in [0.29, 0.717) is 6.54 Å². The molecule has 8 heteroatoms. The zero-order chi connectivity index (χ0) is 18.6. The fourth-order valence-electron chi connectivity index (χ4n) is 3.30. The predicted octanol–water partition coefficient (Wildman–Crippen LogP) is 0.160. The van der Waals surface area contributed by atoms with E-state index < -0.39 is 17.9 Å². The van der Waals surface area contributed by atoms with Gasteiger partial charge in [-0.25, -0.2) is 0 Å². The van der Waals surface area contributed by atoms with Crippen molar-refractivity contribution in [1.82, 2.24) is 15.5 Å². The van der Waals surface area contributed by atoms with Crippen molar-refractivity contribution in [1.29, 1.82) is 0 Å². The summed E-state index contributed by atoms with van der Waals surface area (Å²) in [4.78, 5) is 37.6. The summed E-state index contributed by atoms with van der Waals surface area (Å²) < 4.78 is 11.7. The number of amides is 3. The van der Waals surface area contributed by atoms with Crippen molar-refractivity contribution in [3.63, 3.8) is 0 Å². The third-order valence-corrected chi connectivity index (χ3v) is 4.40. The maximum Gasteiger partial charge on any atom is 0.245 e. The molecule has 2 fully saturated rings. The Morgan fingerprint density at radius 1 is 1.16 bits per heavy atom. The van der Waals surface area contributed by atoms with Crippen LogP contribution in [0.4, 0.5) is 0 Å². The summed E-state index contributed by atoms with van der Waals surface area (Å²) in [5.41, 5.74) is 0. The van der Waals surface area contributed by atoms with Crippen LogP contribution in [0, 0.1) is 0 Å². The lowest BCUT2D eigenvalue weighted by Gasteiger charge is -2.29. The zero-order valence-corrected chi connectivity index (χ0v) is 15.5. The van der Waals surface area contributed by atoms with Gasteiger partial charge in [0.25, 0.3) is 0 Å². The molecule has 2 aliphatic rings. The maximum absolute atomic E-state index is 12.7. The van der Waals surface area contributed by atoms with Crippen LogP contribution in [0.25, 0.3) is 0 Å². The minimum atomic E-state index is -0.775. The summed E-state index contributed by atoms with van der Waals surface area (Å²) in [5.74, 6) is -1.62. The molecule has 3 atom stereocenters. The quantitative estimate of drug-likeness (QED) is 0.634. The third-order valence-electron chi connectivity index (χ3n) is 4.40. The number of carbonyl (C=O) groups excluding carboxylic acids is 3. The second-order valence-electron chi connectivity index (χ2n) is 7.04. The van der Waals surface area contributed by atoms with Crippen LogP contribution < -0.4 is 10.6 Å². The van der Waals surface area contributed by atoms with Gasteiger partial charge in [0.15, 0.2) is 5.79 Å². The van der Waals surface area contributed by atoms with E-state index in [1.807, 2.05) is 0 Å². The number of hydrogen-bond donors (Lipinski definition) is 2. The lowest BCUT2D eigenvalue weighted by molar-refractivity contribution is -0.169. The summed E-state index contributed by atoms with van der Waals surface area (Å²) >= 11 is 0. The van der Waals surface area contributed by atoms with E-state index in [1.54, 1.807) is 13.8 Å². The van der Waals surface area contributed by atoms with Crippen molar-refractivity contribution in [2.45, 2.75) is 71.0 Å². The summed E-state index contributed by atoms with van der Waals surface area (Å²) in [6.07, 6.45) is 2.15. The Morgan fingerprint density at radius 3 is 2.52 bits per heavy atom. The molecular formula is C17H29N3O5. The van der Waals surface area contributed by atoms with E-state index in [2.05, 4.69) is 17.6 Å². The van der Waals surface area contributed by atoms with Gasteiger partial charge in [0.2, 0.25) is 17.7 Å². The molecule has 0 bridgehead atoms. The highest BCUT2D eigenvalue weighted by molar-refractivity contribution is 5.91. The van der Waals surface area contributed by atoms with Crippen LogP contribution >= 0.6 is 0 Å². The maximum atomic E-state index is 12.7. The van der Waals surface area contributed by atoms with Crippen molar-refractivity contribution < 1.29 is 23.9 Å². The van der Waals surface area contributed by atoms with E-state index >= 15 is 0 Å². The summed E-state index contributed by atoms with van der Waals surface area (Å²) in [5, 5.41) is 5.37. The van der Waals surface area contributed by atoms with Gasteiger partial charge in [-0.3, -0.25) is 14.4 Å². The lowest BCUT2D eigenvalue weighted by atomic mass is 10.1. The smallest absolute Gasteiger partial charge is 0.245 e. The molecule has 0 unspecified atom stereocenters. The Morgan fingerprint density at radius 2 is 1.88 bits per heavy atom. The molecule has 0 aromatic heterocycles. The number of hydrogen-bond acceptors (Lipinski definition) is 5. The Kier molecular flexibility index (Phi) is 6.40. The number of nitrogens with zero attached hydrogens (tertiary/aromatic N) is 1. The minimum absolute atomic E-state index is 0.141. The first-order valence-electron chi connectivity index (χ1n) is 8.92. The predicted molar refractivity (Wildman–Crippen MR) is 90.5 cm³/mol. The van der Waals surface area contributed by atoms with Gasteiger partial charge in [-0.05, 0) is 20.3 Å². The number of ether oxygens (including phenoxy) is 2. The molecule has 25 heavy (non-hydrogen) atoms. The highest BCUT2D eigenvalue weighted by atomic mass is 16.8. The third kappa shape index (κ3) is 4.92. The van der Waals surface area contributed by atoms with Crippen LogP contribution in [0.3, 0.4) is 0 Å². The molecule has 142 valence electrons. The van der Waals surface area contributed by atoms with E-state index in [0.717, 1.165) is 19.3 Å². The number of fused-ring (bicyclic) bond motifs is 1. The highest BCUT2D eigenvalue weighted by Crippen LogP contribution is 2.36. The molecule has 0 aromatic carbocycles. The molecule has 0 radical (unpaired) electrons. The zero-order valence-electron chi connectivity index (χ0n) is 15.5. The molecule has 2 saturated heterocycles. The first-order chi connectivity index (χ1) is 11.7. The fourth-order valence-corrected chi connectivity index (χ4v) is 3.30. The Hall–Kier alpha value is -1.67. The van der Waals surface area contributed by atoms with E-state index in [9.17, 15) is 14.4 Å². The second kappa shape index (κ2) is 8.14. The number of unbranched alkanes of at least 4 members (excludes halogenated alkanes) is 2. The molecule has 3 amide bonds. The molecule has 8 nitrogen and oxygen atoms in total. The summed E-state index contributed by atoms with van der Waals surface area (Å²) in [6, 6.07) is -0.741. The highest BCUT2D eigenvalue weighted by Gasteiger charge is 2.56. The molecule has 2 rings (SSSR count). The van der Waals surface area contributed by atoms with Crippen LogP contribution in [0.2, 0.25) is 0 Å². The number of nitrogens with one attached hydrogen (secondary N) is 2. The van der Waals surface area contributed by atoms with E-state index in [1.165, 1.54) is 11.8 Å². The molecule has 0 aromatic rings. The largest absolute Gasteiger partial charge is 0.354 e. The van der Waals surface area contributed by atoms with E-state index in [-0.39, 0.29) is 36.9 Å². The lowest BCUT2D eigenvalue weighted by Crippen LogP contribution is -2.53. The topological polar surface area (TPSA) is 97.0 Å². The van der Waals surface area contributed by atoms with Gasteiger partial charge in [-0.1, -0.05) is 19.8 Å². The van der Waals surface area contributed by atoms with Gasteiger partial charge >= 0.3 is 0 Å². The Labute approximate surface area is 148 Å². The number of likely N-dealkylation sites (tertiary alicyclic amines) is 1. The second-order valence-corrected chi connectivity index (χ2v) is 7.04. The average Bonchev–Trinajstić information content (AvgIpc) is 3.00. The normalized spacial score (nSPS) is 27.0. The van der Waals surface area contributed by atoms with Gasteiger partial charge in [0.1, 0.15) is 18.2 Å². The summed E-state index contributed by atoms with van der Waals surface area (Å²) in [7, 11) is 0. The molecule has 0 aliphatic carbocycles. The Bertz CT molecular complexity index is 522. The van der Waals surface area contributed by atoms with Crippen molar-refractivity contribution in [3.05, 3.63) is 0 Å². The SMILES string of the molecule is CCCCCNC(=O)[C@@H]1[C@H]2OC(C)(C)O[C@H]2CN1C(=O)CNC(C)=O. The average molecular weight is 355 g/mol. The summed E-state index contributed by atoms with van der Waals surface area (Å²) in [6.45, 7) is 7.74. The molecule has 0 spiro atoms. The standard InChI is InChI=1S/C17H29N3O5/c1-5-6-7-8-18-16(23)14-15-12(24-17(3,4)25-15)10-20(14)13(22)9-19-11(2)21/h12,14-15H,5-10H2,1-4H3,(H,18,23)(H,19,21)/t12-,14-,15-/m0/s1. The van der Waals surface area contributed by atoms with Crippen molar-refractivity contribution in [2.75, 3.05) is 19.6 Å². The van der Waals surface area contributed by atoms with Crippen molar-refractivity contribution >= 4 is 17.7 Å². The van der Waals surface area contributed by atoms with Gasteiger partial charge in [0, 0.05) is 13.5 Å². The Balaban J connectivity index is 2.05. The first kappa shape index (κ1) is 19.7. The number of rotatable bonds is 7. The van der Waals surface area contributed by atoms with Crippen molar-refractivity contribution in [3.8, 4) is 0 Å². The fraction of sp³-hybridized carbons (Fsp3) is 0.824. The molecule has 0 saturated carbocycles. The van der Waals surface area contributed by atoms with E-state index in [4.69, 9.17) is 9.47 Å². The van der Waals surface area contributed by atoms with Crippen LogP contribution in [-0.2, 0) is 23.9 Å². The first-order valence-corrected chi connectivity index (χ1v) is 8.92. The molecule has 2 aliphatic heterocycles. The van der Waals surface area contributed by atoms with Crippen LogP contribution in [-0.4, -0.2) is 66.3 Å².